The highest BCUT2D eigenvalue weighted by atomic mass is 32.1. The summed E-state index contributed by atoms with van der Waals surface area (Å²) >= 11 is 1.64. The maximum atomic E-state index is 13.1. The third-order valence-corrected chi connectivity index (χ3v) is 7.34. The van der Waals surface area contributed by atoms with Crippen LogP contribution >= 0.6 is 11.3 Å². The molecule has 0 saturated heterocycles. The molecule has 2 aliphatic rings. The summed E-state index contributed by atoms with van der Waals surface area (Å²) < 4.78 is 6.35. The number of rotatable bonds is 5. The maximum absolute atomic E-state index is 13.1. The second-order valence-corrected chi connectivity index (χ2v) is 9.23. The first-order valence-electron chi connectivity index (χ1n) is 10.7. The highest BCUT2D eigenvalue weighted by Crippen LogP contribution is 2.49. The number of carbonyl (C=O) groups is 2. The number of Topliss-reactive ketones (excluding diaryl/α,β-unsaturated/α-hetero) is 1. The molecule has 0 amide bonds. The van der Waals surface area contributed by atoms with Crippen molar-refractivity contribution < 1.29 is 14.3 Å². The van der Waals surface area contributed by atoms with Gasteiger partial charge in [-0.25, -0.2) is 4.79 Å². The lowest BCUT2D eigenvalue weighted by atomic mass is 9.78. The highest BCUT2D eigenvalue weighted by molar-refractivity contribution is 7.18. The number of methoxy groups -OCH3 is 1. The summed E-state index contributed by atoms with van der Waals surface area (Å²) in [4.78, 5) is 30.0. The Morgan fingerprint density at radius 2 is 1.88 bits per heavy atom. The van der Waals surface area contributed by atoms with Gasteiger partial charge in [0.15, 0.2) is 5.78 Å². The van der Waals surface area contributed by atoms with Crippen molar-refractivity contribution in [2.24, 2.45) is 5.92 Å². The van der Waals surface area contributed by atoms with E-state index in [1.807, 2.05) is 25.1 Å². The van der Waals surface area contributed by atoms with Gasteiger partial charge in [0.1, 0.15) is 0 Å². The van der Waals surface area contributed by atoms with Crippen LogP contribution in [0.3, 0.4) is 0 Å². The lowest BCUT2D eigenvalue weighted by Crippen LogP contribution is -2.32. The van der Waals surface area contributed by atoms with Gasteiger partial charge >= 0.3 is 5.97 Å². The van der Waals surface area contributed by atoms with E-state index in [-0.39, 0.29) is 11.8 Å². The molecule has 32 heavy (non-hydrogen) atoms. The molecule has 5 nitrogen and oxygen atoms in total. The zero-order chi connectivity index (χ0) is 22.4. The summed E-state index contributed by atoms with van der Waals surface area (Å²) in [5, 5.41) is 6.53. The first-order valence-corrected chi connectivity index (χ1v) is 11.6. The molecular formula is C26H24N2O3S. The second kappa shape index (κ2) is 8.02. The highest BCUT2D eigenvalue weighted by Gasteiger charge is 2.42. The van der Waals surface area contributed by atoms with Gasteiger partial charge in [0.25, 0.3) is 0 Å². The maximum Gasteiger partial charge on any atom is 0.336 e. The molecule has 3 aromatic rings. The van der Waals surface area contributed by atoms with E-state index in [1.165, 1.54) is 7.11 Å². The number of aromatic nitrogens is 1. The van der Waals surface area contributed by atoms with Crippen LogP contribution in [-0.2, 0) is 14.3 Å². The molecule has 1 aliphatic carbocycles. The van der Waals surface area contributed by atoms with Gasteiger partial charge in [-0.05, 0) is 72.2 Å². The largest absolute Gasteiger partial charge is 0.466 e. The molecule has 1 aromatic carbocycles. The van der Waals surface area contributed by atoms with Crippen molar-refractivity contribution in [1.82, 2.24) is 10.3 Å². The van der Waals surface area contributed by atoms with Crippen molar-refractivity contribution in [3.63, 3.8) is 0 Å². The second-order valence-electron chi connectivity index (χ2n) is 8.36. The quantitative estimate of drug-likeness (QED) is 0.537. The molecule has 2 aromatic heterocycles. The number of carbonyl (C=O) groups excluding carboxylic acids is 2. The summed E-state index contributed by atoms with van der Waals surface area (Å²) in [5.41, 5.74) is 6.11. The van der Waals surface area contributed by atoms with Crippen LogP contribution in [0.2, 0.25) is 0 Å². The zero-order valence-corrected chi connectivity index (χ0v) is 19.1. The number of thiophene rings is 1. The summed E-state index contributed by atoms with van der Waals surface area (Å²) in [6, 6.07) is 10.2. The molecule has 3 heterocycles. The van der Waals surface area contributed by atoms with Crippen LogP contribution in [0.15, 0.2) is 70.6 Å². The Labute approximate surface area is 190 Å². The standard InChI is InChI=1S/C26H24N2O3S/c1-14-21(15(2)29)22(23(26(30)31-3)24(28-14)17-7-8-17)20-13-32-25-18(5-4-6-19(20)25)16-9-11-27-12-10-16/h4-6,9-13,17,22,28H,7-8H2,1-3H3. The molecule has 0 bridgehead atoms. The third kappa shape index (κ3) is 3.35. The fourth-order valence-electron chi connectivity index (χ4n) is 4.72. The summed E-state index contributed by atoms with van der Waals surface area (Å²) in [6.07, 6.45) is 5.65. The van der Waals surface area contributed by atoms with Gasteiger partial charge in [0.2, 0.25) is 0 Å². The number of allylic oxidation sites excluding steroid dienone is 3. The van der Waals surface area contributed by atoms with E-state index in [0.29, 0.717) is 17.1 Å². The number of nitrogens with zero attached hydrogens (tertiary/aromatic N) is 1. The summed E-state index contributed by atoms with van der Waals surface area (Å²) in [6.45, 7) is 3.50. The number of ether oxygens (including phenoxy) is 1. The average molecular weight is 445 g/mol. The minimum absolute atomic E-state index is 0.0408. The Kier molecular flexibility index (Phi) is 5.18. The first-order chi connectivity index (χ1) is 15.5. The van der Waals surface area contributed by atoms with Gasteiger partial charge in [0.05, 0.1) is 12.7 Å². The Morgan fingerprint density at radius 1 is 1.12 bits per heavy atom. The molecule has 5 rings (SSSR count). The number of pyridine rings is 1. The van der Waals surface area contributed by atoms with Crippen molar-refractivity contribution in [1.29, 1.82) is 0 Å². The SMILES string of the molecule is COC(=O)C1=C(C2CC2)NC(C)=C(C(C)=O)C1c1csc2c(-c3ccncc3)cccc12. The number of hydrogen-bond donors (Lipinski definition) is 1. The predicted molar refractivity (Wildman–Crippen MR) is 126 cm³/mol. The van der Waals surface area contributed by atoms with Gasteiger partial charge in [-0.2, -0.15) is 0 Å². The number of hydrogen-bond acceptors (Lipinski definition) is 6. The van der Waals surface area contributed by atoms with Crippen LogP contribution in [0.5, 0.6) is 0 Å². The number of nitrogens with one attached hydrogen (secondary N) is 1. The predicted octanol–water partition coefficient (Wildman–Crippen LogP) is 5.35. The van der Waals surface area contributed by atoms with E-state index in [1.54, 1.807) is 30.7 Å². The number of benzene rings is 1. The van der Waals surface area contributed by atoms with E-state index < -0.39 is 5.92 Å². The summed E-state index contributed by atoms with van der Waals surface area (Å²) in [5.74, 6) is -0.549. The van der Waals surface area contributed by atoms with Crippen molar-refractivity contribution >= 4 is 33.2 Å². The minimum atomic E-state index is -0.446. The Morgan fingerprint density at radius 3 is 2.53 bits per heavy atom. The number of dihydropyridines is 1. The van der Waals surface area contributed by atoms with Gasteiger partial charge in [-0.3, -0.25) is 9.78 Å². The van der Waals surface area contributed by atoms with E-state index in [4.69, 9.17) is 4.74 Å². The lowest BCUT2D eigenvalue weighted by Gasteiger charge is -2.31. The van der Waals surface area contributed by atoms with Gasteiger partial charge in [-0.1, -0.05) is 18.2 Å². The smallest absolute Gasteiger partial charge is 0.336 e. The molecule has 1 fully saturated rings. The molecule has 162 valence electrons. The summed E-state index contributed by atoms with van der Waals surface area (Å²) in [7, 11) is 1.41. The van der Waals surface area contributed by atoms with Crippen LogP contribution in [0.1, 0.15) is 38.2 Å². The third-order valence-electron chi connectivity index (χ3n) is 6.30. The van der Waals surface area contributed by atoms with Crippen molar-refractivity contribution in [2.45, 2.75) is 32.6 Å². The van der Waals surface area contributed by atoms with Crippen LogP contribution in [0.25, 0.3) is 21.2 Å². The molecule has 6 heteroatoms. The van der Waals surface area contributed by atoms with Crippen molar-refractivity contribution in [2.75, 3.05) is 7.11 Å². The Bertz CT molecular complexity index is 1300. The number of ketones is 1. The van der Waals surface area contributed by atoms with Crippen LogP contribution in [-0.4, -0.2) is 23.8 Å². The molecule has 1 aliphatic heterocycles. The molecular weight excluding hydrogens is 420 g/mol. The van der Waals surface area contributed by atoms with Crippen LogP contribution < -0.4 is 5.32 Å². The van der Waals surface area contributed by atoms with Crippen molar-refractivity contribution in [3.8, 4) is 11.1 Å². The Balaban J connectivity index is 1.76. The normalized spacial score (nSPS) is 18.7. The zero-order valence-electron chi connectivity index (χ0n) is 18.3. The topological polar surface area (TPSA) is 68.3 Å². The Hall–Kier alpha value is -3.25. The molecule has 0 radical (unpaired) electrons. The van der Waals surface area contributed by atoms with Gasteiger partial charge in [-0.15, -0.1) is 11.3 Å². The van der Waals surface area contributed by atoms with E-state index >= 15 is 0 Å². The molecule has 0 spiro atoms. The lowest BCUT2D eigenvalue weighted by molar-refractivity contribution is -0.136. The van der Waals surface area contributed by atoms with Crippen molar-refractivity contribution in [3.05, 3.63) is 76.2 Å². The van der Waals surface area contributed by atoms with E-state index in [2.05, 4.69) is 27.8 Å². The molecule has 1 N–H and O–H groups in total. The van der Waals surface area contributed by atoms with Gasteiger partial charge < -0.3 is 10.1 Å². The van der Waals surface area contributed by atoms with E-state index in [0.717, 1.165) is 51.0 Å². The average Bonchev–Trinajstić information content (AvgIpc) is 3.56. The van der Waals surface area contributed by atoms with Crippen LogP contribution in [0, 0.1) is 5.92 Å². The minimum Gasteiger partial charge on any atom is -0.466 e. The fourth-order valence-corrected chi connectivity index (χ4v) is 5.86. The fraction of sp³-hybridized carbons (Fsp3) is 0.269. The molecule has 1 atom stereocenters. The molecule has 1 unspecified atom stereocenters. The van der Waals surface area contributed by atoms with E-state index in [9.17, 15) is 9.59 Å². The first kappa shape index (κ1) is 20.6. The number of fused-ring (bicyclic) bond motifs is 1. The van der Waals surface area contributed by atoms with Crippen LogP contribution in [0.4, 0.5) is 0 Å². The molecule has 1 saturated carbocycles. The number of esters is 1. The van der Waals surface area contributed by atoms with Gasteiger partial charge in [0, 0.05) is 40.0 Å². The monoisotopic (exact) mass is 444 g/mol.